The van der Waals surface area contributed by atoms with E-state index in [0.717, 1.165) is 28.6 Å². The third-order valence-corrected chi connectivity index (χ3v) is 6.63. The number of amides is 2. The summed E-state index contributed by atoms with van der Waals surface area (Å²) >= 11 is 1.42. The molecule has 2 aromatic carbocycles. The van der Waals surface area contributed by atoms with Crippen molar-refractivity contribution in [1.82, 2.24) is 15.1 Å². The molecule has 3 N–H and O–H groups in total. The molecular formula is C25H24N4O3S. The Bertz CT molecular complexity index is 1330. The molecule has 2 amide bonds. The van der Waals surface area contributed by atoms with Gasteiger partial charge in [-0.2, -0.15) is 9.78 Å². The Morgan fingerprint density at radius 3 is 2.61 bits per heavy atom. The third kappa shape index (κ3) is 4.34. The monoisotopic (exact) mass is 460 g/mol. The van der Waals surface area contributed by atoms with Crippen LogP contribution in [0.3, 0.4) is 0 Å². The van der Waals surface area contributed by atoms with Gasteiger partial charge in [0.25, 0.3) is 5.91 Å². The fourth-order valence-electron chi connectivity index (χ4n) is 3.78. The lowest BCUT2D eigenvalue weighted by molar-refractivity contribution is 0.103. The molecule has 2 aromatic heterocycles. The maximum absolute atomic E-state index is 12.7. The first kappa shape index (κ1) is 21.2. The van der Waals surface area contributed by atoms with Gasteiger partial charge in [-0.15, -0.1) is 11.3 Å². The highest BCUT2D eigenvalue weighted by Crippen LogP contribution is 2.42. The first-order valence-corrected chi connectivity index (χ1v) is 11.7. The molecule has 1 fully saturated rings. The largest absolute Gasteiger partial charge is 0.507 e. The number of aromatic nitrogens is 2. The molecule has 2 heterocycles. The van der Waals surface area contributed by atoms with Crippen molar-refractivity contribution in [1.29, 1.82) is 0 Å². The molecule has 168 valence electrons. The van der Waals surface area contributed by atoms with E-state index in [0.29, 0.717) is 27.7 Å². The number of anilines is 1. The van der Waals surface area contributed by atoms with Crippen molar-refractivity contribution < 1.29 is 14.7 Å². The van der Waals surface area contributed by atoms with Gasteiger partial charge in [0.1, 0.15) is 5.75 Å². The second kappa shape index (κ2) is 8.37. The number of rotatable bonds is 5. The lowest BCUT2D eigenvalue weighted by atomic mass is 10.1. The number of benzene rings is 2. The van der Waals surface area contributed by atoms with E-state index in [-0.39, 0.29) is 23.7 Å². The minimum atomic E-state index is -0.273. The van der Waals surface area contributed by atoms with E-state index in [2.05, 4.69) is 15.7 Å². The molecule has 7 nitrogen and oxygen atoms in total. The average Bonchev–Trinajstić information content (AvgIpc) is 3.36. The van der Waals surface area contributed by atoms with E-state index in [4.69, 9.17) is 0 Å². The SMILES string of the molecule is CC(C)NC(=O)n1nc(-c2ccc(NC(=O)c3cc4ccccc4s3)cc2O)cc1C1CC1. The van der Waals surface area contributed by atoms with Crippen LogP contribution in [0.15, 0.2) is 54.6 Å². The number of aromatic hydroxyl groups is 1. The summed E-state index contributed by atoms with van der Waals surface area (Å²) in [5.41, 5.74) is 2.37. The van der Waals surface area contributed by atoms with E-state index in [1.165, 1.54) is 22.1 Å². The summed E-state index contributed by atoms with van der Waals surface area (Å²) in [4.78, 5) is 25.9. The van der Waals surface area contributed by atoms with Crippen molar-refractivity contribution in [2.45, 2.75) is 38.6 Å². The zero-order valence-electron chi connectivity index (χ0n) is 18.3. The van der Waals surface area contributed by atoms with Gasteiger partial charge < -0.3 is 15.7 Å². The number of fused-ring (bicyclic) bond motifs is 1. The fraction of sp³-hybridized carbons (Fsp3) is 0.240. The predicted molar refractivity (Wildman–Crippen MR) is 130 cm³/mol. The van der Waals surface area contributed by atoms with Gasteiger partial charge in [-0.05, 0) is 62.4 Å². The van der Waals surface area contributed by atoms with Crippen LogP contribution in [-0.4, -0.2) is 32.9 Å². The summed E-state index contributed by atoms with van der Waals surface area (Å²) in [6, 6.07) is 16.2. The Labute approximate surface area is 195 Å². The number of hydrogen-bond acceptors (Lipinski definition) is 5. The number of phenols is 1. The smallest absolute Gasteiger partial charge is 0.342 e. The number of thiophene rings is 1. The van der Waals surface area contributed by atoms with Crippen LogP contribution in [0.4, 0.5) is 10.5 Å². The molecule has 0 saturated heterocycles. The topological polar surface area (TPSA) is 96.3 Å². The number of phenolic OH excluding ortho intramolecular Hbond substituents is 1. The molecule has 0 bridgehead atoms. The molecule has 8 heteroatoms. The maximum Gasteiger partial charge on any atom is 0.342 e. The minimum absolute atomic E-state index is 0.00515. The molecule has 0 radical (unpaired) electrons. The van der Waals surface area contributed by atoms with Gasteiger partial charge >= 0.3 is 6.03 Å². The average molecular weight is 461 g/mol. The highest BCUT2D eigenvalue weighted by molar-refractivity contribution is 7.20. The van der Waals surface area contributed by atoms with Gasteiger partial charge in [0.2, 0.25) is 0 Å². The maximum atomic E-state index is 12.7. The molecular weight excluding hydrogens is 436 g/mol. The molecule has 0 atom stereocenters. The quantitative estimate of drug-likeness (QED) is 0.363. The van der Waals surface area contributed by atoms with Crippen LogP contribution in [0.1, 0.15) is 48.0 Å². The Morgan fingerprint density at radius 1 is 1.12 bits per heavy atom. The lowest BCUT2D eigenvalue weighted by Gasteiger charge is -2.10. The molecule has 1 saturated carbocycles. The molecule has 33 heavy (non-hydrogen) atoms. The standard InChI is InChI=1S/C25H24N4O3S/c1-14(2)26-25(32)29-20(15-7-8-15)13-19(28-29)18-10-9-17(12-21(18)30)27-24(31)23-11-16-5-3-4-6-22(16)33-23/h3-6,9-15,30H,7-8H2,1-2H3,(H,26,32)(H,27,31). The van der Waals surface area contributed by atoms with Crippen LogP contribution in [0.25, 0.3) is 21.3 Å². The van der Waals surface area contributed by atoms with Gasteiger partial charge in [0.15, 0.2) is 0 Å². The van der Waals surface area contributed by atoms with Crippen molar-refractivity contribution in [2.24, 2.45) is 0 Å². The zero-order chi connectivity index (χ0) is 23.1. The van der Waals surface area contributed by atoms with Crippen molar-refractivity contribution in [3.05, 3.63) is 65.2 Å². The van der Waals surface area contributed by atoms with E-state index < -0.39 is 0 Å². The minimum Gasteiger partial charge on any atom is -0.507 e. The van der Waals surface area contributed by atoms with Gasteiger partial charge in [-0.25, -0.2) is 4.79 Å². The van der Waals surface area contributed by atoms with Gasteiger partial charge in [-0.3, -0.25) is 4.79 Å². The molecule has 0 aliphatic heterocycles. The van der Waals surface area contributed by atoms with E-state index in [1.807, 2.05) is 50.2 Å². The summed E-state index contributed by atoms with van der Waals surface area (Å²) in [7, 11) is 0. The first-order valence-electron chi connectivity index (χ1n) is 10.9. The van der Waals surface area contributed by atoms with Crippen LogP contribution < -0.4 is 10.6 Å². The van der Waals surface area contributed by atoms with Crippen molar-refractivity contribution in [2.75, 3.05) is 5.32 Å². The molecule has 0 spiro atoms. The number of nitrogens with one attached hydrogen (secondary N) is 2. The zero-order valence-corrected chi connectivity index (χ0v) is 19.1. The van der Waals surface area contributed by atoms with Crippen molar-refractivity contribution >= 4 is 39.0 Å². The predicted octanol–water partition coefficient (Wildman–Crippen LogP) is 5.57. The van der Waals surface area contributed by atoms with Crippen molar-refractivity contribution in [3.63, 3.8) is 0 Å². The Morgan fingerprint density at radius 2 is 1.91 bits per heavy atom. The number of carbonyl (C=O) groups excluding carboxylic acids is 2. The molecule has 1 aliphatic carbocycles. The van der Waals surface area contributed by atoms with Crippen LogP contribution >= 0.6 is 11.3 Å². The molecule has 5 rings (SSSR count). The summed E-state index contributed by atoms with van der Waals surface area (Å²) in [5.74, 6) is 0.0700. The number of carbonyl (C=O) groups is 2. The van der Waals surface area contributed by atoms with Crippen LogP contribution in [-0.2, 0) is 0 Å². The Kier molecular flexibility index (Phi) is 5.38. The molecule has 0 unspecified atom stereocenters. The second-order valence-corrected chi connectivity index (χ2v) is 9.66. The Balaban J connectivity index is 1.38. The highest BCUT2D eigenvalue weighted by atomic mass is 32.1. The second-order valence-electron chi connectivity index (χ2n) is 8.58. The molecule has 1 aliphatic rings. The van der Waals surface area contributed by atoms with Gasteiger partial charge in [-0.1, -0.05) is 18.2 Å². The number of hydrogen-bond donors (Lipinski definition) is 3. The fourth-order valence-corrected chi connectivity index (χ4v) is 4.74. The first-order chi connectivity index (χ1) is 15.9. The summed E-state index contributed by atoms with van der Waals surface area (Å²) in [6.07, 6.45) is 2.05. The lowest BCUT2D eigenvalue weighted by Crippen LogP contribution is -2.35. The van der Waals surface area contributed by atoms with E-state index in [1.54, 1.807) is 12.1 Å². The third-order valence-electron chi connectivity index (χ3n) is 5.52. The molecule has 4 aromatic rings. The van der Waals surface area contributed by atoms with Gasteiger partial charge in [0.05, 0.1) is 16.3 Å². The van der Waals surface area contributed by atoms with Crippen LogP contribution in [0.2, 0.25) is 0 Å². The summed E-state index contributed by atoms with van der Waals surface area (Å²) in [5, 5.41) is 21.9. The highest BCUT2D eigenvalue weighted by Gasteiger charge is 2.31. The normalized spacial score (nSPS) is 13.4. The van der Waals surface area contributed by atoms with E-state index >= 15 is 0 Å². The van der Waals surface area contributed by atoms with Crippen LogP contribution in [0.5, 0.6) is 5.75 Å². The summed E-state index contributed by atoms with van der Waals surface area (Å²) in [6.45, 7) is 3.80. The summed E-state index contributed by atoms with van der Waals surface area (Å²) < 4.78 is 2.45. The van der Waals surface area contributed by atoms with Crippen molar-refractivity contribution in [3.8, 4) is 17.0 Å². The van der Waals surface area contributed by atoms with Crippen LogP contribution in [0, 0.1) is 0 Å². The van der Waals surface area contributed by atoms with E-state index in [9.17, 15) is 14.7 Å². The van der Waals surface area contributed by atoms with Gasteiger partial charge in [0, 0.05) is 34.0 Å². The Hall–Kier alpha value is -3.65. The number of nitrogens with zero attached hydrogens (tertiary/aromatic N) is 2.